The Bertz CT molecular complexity index is 266. The highest BCUT2D eigenvalue weighted by molar-refractivity contribution is 5.74. The largest absolute Gasteiger partial charge is 0.481 e. The summed E-state index contributed by atoms with van der Waals surface area (Å²) in [6.45, 7) is 4.71. The summed E-state index contributed by atoms with van der Waals surface area (Å²) in [5.74, 6) is -0.942. The van der Waals surface area contributed by atoms with Crippen molar-refractivity contribution in [2.45, 2.75) is 38.7 Å². The molecule has 15 heavy (non-hydrogen) atoms. The van der Waals surface area contributed by atoms with E-state index in [-0.39, 0.29) is 6.42 Å². The molecule has 5 nitrogen and oxygen atoms in total. The normalized spacial score (nSPS) is 25.5. The van der Waals surface area contributed by atoms with E-state index in [1.54, 1.807) is 11.8 Å². The Morgan fingerprint density at radius 2 is 2.33 bits per heavy atom. The van der Waals surface area contributed by atoms with Crippen molar-refractivity contribution in [2.75, 3.05) is 13.1 Å². The topological polar surface area (TPSA) is 66.8 Å². The Morgan fingerprint density at radius 3 is 2.87 bits per heavy atom. The van der Waals surface area contributed by atoms with Crippen LogP contribution in [0.5, 0.6) is 0 Å². The minimum atomic E-state index is -0.942. The van der Waals surface area contributed by atoms with Crippen molar-refractivity contribution in [2.24, 2.45) is 0 Å². The molecule has 5 heteroatoms. The highest BCUT2D eigenvalue weighted by atomic mass is 16.6. The van der Waals surface area contributed by atoms with Gasteiger partial charge in [0.1, 0.15) is 5.60 Å². The van der Waals surface area contributed by atoms with Gasteiger partial charge in [-0.15, -0.1) is 0 Å². The molecule has 0 aromatic rings. The molecule has 1 atom stereocenters. The summed E-state index contributed by atoms with van der Waals surface area (Å²) in [5.41, 5.74) is -0.864. The third-order valence-electron chi connectivity index (χ3n) is 2.42. The average Bonchev–Trinajstić information content (AvgIpc) is 2.36. The van der Waals surface area contributed by atoms with Crippen LogP contribution in [0, 0.1) is 0 Å². The predicted molar refractivity (Wildman–Crippen MR) is 53.6 cm³/mol. The second-order valence-electron chi connectivity index (χ2n) is 4.16. The van der Waals surface area contributed by atoms with Crippen LogP contribution in [0.2, 0.25) is 0 Å². The van der Waals surface area contributed by atoms with Crippen LogP contribution in [-0.2, 0) is 9.53 Å². The van der Waals surface area contributed by atoms with E-state index < -0.39 is 17.7 Å². The van der Waals surface area contributed by atoms with Gasteiger partial charge in [-0.1, -0.05) is 13.3 Å². The first kappa shape index (κ1) is 11.8. The highest BCUT2D eigenvalue weighted by Crippen LogP contribution is 2.25. The quantitative estimate of drug-likeness (QED) is 0.754. The molecule has 1 rings (SSSR count). The number of ether oxygens (including phenoxy) is 1. The number of aliphatic carboxylic acids is 1. The first-order valence-electron chi connectivity index (χ1n) is 5.16. The van der Waals surface area contributed by atoms with Gasteiger partial charge >= 0.3 is 12.1 Å². The SMILES string of the molecule is CCCCN1CC(C)(CC(=O)O)OC1=O. The van der Waals surface area contributed by atoms with E-state index in [1.807, 2.05) is 6.92 Å². The van der Waals surface area contributed by atoms with Crippen LogP contribution in [0.25, 0.3) is 0 Å². The molecule has 0 spiro atoms. The van der Waals surface area contributed by atoms with Gasteiger partial charge in [-0.05, 0) is 13.3 Å². The van der Waals surface area contributed by atoms with Gasteiger partial charge < -0.3 is 14.7 Å². The van der Waals surface area contributed by atoms with E-state index in [2.05, 4.69) is 0 Å². The Balaban J connectivity index is 2.53. The van der Waals surface area contributed by atoms with Gasteiger partial charge in [0, 0.05) is 6.54 Å². The standard InChI is InChI=1S/C10H17NO4/c1-3-4-5-11-7-10(2,6-8(12)13)15-9(11)14/h3-7H2,1-2H3,(H,12,13). The maximum absolute atomic E-state index is 11.4. The number of unbranched alkanes of at least 4 members (excludes halogenated alkanes) is 1. The van der Waals surface area contributed by atoms with E-state index in [9.17, 15) is 9.59 Å². The smallest absolute Gasteiger partial charge is 0.410 e. The number of carboxylic acids is 1. The lowest BCUT2D eigenvalue weighted by Gasteiger charge is -2.19. The molecule has 0 aromatic heterocycles. The van der Waals surface area contributed by atoms with Crippen molar-refractivity contribution >= 4 is 12.1 Å². The summed E-state index contributed by atoms with van der Waals surface area (Å²) in [4.78, 5) is 23.5. The van der Waals surface area contributed by atoms with Crippen LogP contribution in [0.3, 0.4) is 0 Å². The van der Waals surface area contributed by atoms with E-state index in [1.165, 1.54) is 0 Å². The molecule has 1 unspecified atom stereocenters. The number of hydrogen-bond acceptors (Lipinski definition) is 3. The molecule has 1 aliphatic heterocycles. The molecule has 1 heterocycles. The molecule has 0 bridgehead atoms. The van der Waals surface area contributed by atoms with Gasteiger partial charge in [0.05, 0.1) is 13.0 Å². The number of carboxylic acid groups (broad SMARTS) is 1. The molecule has 1 N–H and O–H groups in total. The van der Waals surface area contributed by atoms with Crippen molar-refractivity contribution in [3.05, 3.63) is 0 Å². The molecule has 1 amide bonds. The average molecular weight is 215 g/mol. The molecule has 0 aromatic carbocycles. The molecule has 1 aliphatic rings. The maximum Gasteiger partial charge on any atom is 0.410 e. The fourth-order valence-corrected chi connectivity index (χ4v) is 1.71. The summed E-state index contributed by atoms with van der Waals surface area (Å²) >= 11 is 0. The monoisotopic (exact) mass is 215 g/mol. The minimum absolute atomic E-state index is 0.138. The number of cyclic esters (lactones) is 1. The van der Waals surface area contributed by atoms with Crippen LogP contribution < -0.4 is 0 Å². The Morgan fingerprint density at radius 1 is 1.67 bits per heavy atom. The number of amides is 1. The number of hydrogen-bond donors (Lipinski definition) is 1. The maximum atomic E-state index is 11.4. The lowest BCUT2D eigenvalue weighted by atomic mass is 10.0. The van der Waals surface area contributed by atoms with Crippen LogP contribution in [0.1, 0.15) is 33.1 Å². The van der Waals surface area contributed by atoms with Gasteiger partial charge in [-0.3, -0.25) is 4.79 Å². The second kappa shape index (κ2) is 4.51. The zero-order valence-electron chi connectivity index (χ0n) is 9.15. The van der Waals surface area contributed by atoms with Crippen LogP contribution in [0.15, 0.2) is 0 Å². The number of carbonyl (C=O) groups is 2. The van der Waals surface area contributed by atoms with Gasteiger partial charge in [0.15, 0.2) is 0 Å². The number of carbonyl (C=O) groups excluding carboxylic acids is 1. The Kier molecular flexibility index (Phi) is 3.55. The van der Waals surface area contributed by atoms with Crippen molar-refractivity contribution in [3.8, 4) is 0 Å². The van der Waals surface area contributed by atoms with Crippen LogP contribution >= 0.6 is 0 Å². The number of nitrogens with zero attached hydrogens (tertiary/aromatic N) is 1. The minimum Gasteiger partial charge on any atom is -0.481 e. The Labute approximate surface area is 89.0 Å². The lowest BCUT2D eigenvalue weighted by molar-refractivity contribution is -0.140. The third kappa shape index (κ3) is 3.11. The zero-order chi connectivity index (χ0) is 11.5. The molecule has 0 aliphatic carbocycles. The molecule has 0 saturated carbocycles. The van der Waals surface area contributed by atoms with E-state index in [4.69, 9.17) is 9.84 Å². The summed E-state index contributed by atoms with van der Waals surface area (Å²) in [5, 5.41) is 8.68. The third-order valence-corrected chi connectivity index (χ3v) is 2.42. The highest BCUT2D eigenvalue weighted by Gasteiger charge is 2.42. The first-order valence-corrected chi connectivity index (χ1v) is 5.16. The number of rotatable bonds is 5. The molecule has 1 saturated heterocycles. The van der Waals surface area contributed by atoms with E-state index >= 15 is 0 Å². The predicted octanol–water partition coefficient (Wildman–Crippen LogP) is 1.47. The fourth-order valence-electron chi connectivity index (χ4n) is 1.71. The van der Waals surface area contributed by atoms with Gasteiger partial charge in [-0.2, -0.15) is 0 Å². The second-order valence-corrected chi connectivity index (χ2v) is 4.16. The summed E-state index contributed by atoms with van der Waals surface area (Å²) in [6, 6.07) is 0. The van der Waals surface area contributed by atoms with Crippen molar-refractivity contribution in [3.63, 3.8) is 0 Å². The van der Waals surface area contributed by atoms with Crippen molar-refractivity contribution in [1.82, 2.24) is 4.90 Å². The molecule has 1 fully saturated rings. The fraction of sp³-hybridized carbons (Fsp3) is 0.800. The zero-order valence-corrected chi connectivity index (χ0v) is 9.15. The Hall–Kier alpha value is -1.26. The molecular weight excluding hydrogens is 198 g/mol. The first-order chi connectivity index (χ1) is 6.97. The molecular formula is C10H17NO4. The van der Waals surface area contributed by atoms with Crippen LogP contribution in [0.4, 0.5) is 4.79 Å². The van der Waals surface area contributed by atoms with Crippen LogP contribution in [-0.4, -0.2) is 40.8 Å². The lowest BCUT2D eigenvalue weighted by Crippen LogP contribution is -2.34. The van der Waals surface area contributed by atoms with Gasteiger partial charge in [0.2, 0.25) is 0 Å². The van der Waals surface area contributed by atoms with Crippen molar-refractivity contribution < 1.29 is 19.4 Å². The van der Waals surface area contributed by atoms with Gasteiger partial charge in [-0.25, -0.2) is 4.79 Å². The van der Waals surface area contributed by atoms with E-state index in [0.717, 1.165) is 12.8 Å². The van der Waals surface area contributed by atoms with Crippen molar-refractivity contribution in [1.29, 1.82) is 0 Å². The molecule has 86 valence electrons. The van der Waals surface area contributed by atoms with Gasteiger partial charge in [0.25, 0.3) is 0 Å². The van der Waals surface area contributed by atoms with E-state index in [0.29, 0.717) is 13.1 Å². The summed E-state index contributed by atoms with van der Waals surface area (Å²) < 4.78 is 5.08. The molecule has 0 radical (unpaired) electrons. The summed E-state index contributed by atoms with van der Waals surface area (Å²) in [7, 11) is 0. The summed E-state index contributed by atoms with van der Waals surface area (Å²) in [6.07, 6.45) is 1.38.